The summed E-state index contributed by atoms with van der Waals surface area (Å²) >= 11 is 1.60. The highest BCUT2D eigenvalue weighted by molar-refractivity contribution is 7.12. The zero-order valence-corrected chi connectivity index (χ0v) is 8.69. The number of carbonyl (C=O) groups excluding carboxylic acids is 1. The Morgan fingerprint density at radius 3 is 3.00 bits per heavy atom. The third-order valence-electron chi connectivity index (χ3n) is 2.55. The molecule has 0 radical (unpaired) electrons. The van der Waals surface area contributed by atoms with Gasteiger partial charge in [0.05, 0.1) is 4.88 Å². The summed E-state index contributed by atoms with van der Waals surface area (Å²) in [5, 5.41) is 2.03. The molecule has 0 amide bonds. The van der Waals surface area contributed by atoms with Crippen molar-refractivity contribution >= 4 is 17.1 Å². The quantitative estimate of drug-likeness (QED) is 0.672. The van der Waals surface area contributed by atoms with E-state index in [1.54, 1.807) is 11.3 Å². The molecule has 1 nitrogen and oxygen atoms in total. The molecule has 1 aliphatic carbocycles. The zero-order chi connectivity index (χ0) is 9.26. The Bertz CT molecular complexity index is 310. The summed E-state index contributed by atoms with van der Waals surface area (Å²) in [5.74, 6) is 1.08. The second kappa shape index (κ2) is 3.62. The number of hydrogen-bond donors (Lipinski definition) is 0. The van der Waals surface area contributed by atoms with Gasteiger partial charge < -0.3 is 0 Å². The van der Waals surface area contributed by atoms with Crippen LogP contribution in [0.2, 0.25) is 0 Å². The maximum absolute atomic E-state index is 11.7. The smallest absolute Gasteiger partial charge is 0.173 e. The van der Waals surface area contributed by atoms with Gasteiger partial charge in [-0.25, -0.2) is 0 Å². The van der Waals surface area contributed by atoms with E-state index >= 15 is 0 Å². The van der Waals surface area contributed by atoms with Crippen molar-refractivity contribution in [1.29, 1.82) is 0 Å². The summed E-state index contributed by atoms with van der Waals surface area (Å²) in [4.78, 5) is 12.8. The topological polar surface area (TPSA) is 17.1 Å². The van der Waals surface area contributed by atoms with Crippen LogP contribution < -0.4 is 0 Å². The van der Waals surface area contributed by atoms with Crippen LogP contribution in [-0.4, -0.2) is 5.78 Å². The lowest BCUT2D eigenvalue weighted by Gasteiger charge is -1.98. The van der Waals surface area contributed by atoms with Crippen LogP contribution in [0.1, 0.15) is 41.4 Å². The molecule has 0 unspecified atom stereocenters. The number of hydrogen-bond acceptors (Lipinski definition) is 2. The van der Waals surface area contributed by atoms with Gasteiger partial charge in [0, 0.05) is 6.42 Å². The van der Waals surface area contributed by atoms with Crippen molar-refractivity contribution in [2.24, 2.45) is 5.92 Å². The molecule has 0 bridgehead atoms. The molecule has 0 spiro atoms. The lowest BCUT2D eigenvalue weighted by Crippen LogP contribution is -2.00. The van der Waals surface area contributed by atoms with E-state index in [1.807, 2.05) is 5.38 Å². The highest BCUT2D eigenvalue weighted by Crippen LogP contribution is 2.34. The van der Waals surface area contributed by atoms with Gasteiger partial charge in [0.2, 0.25) is 0 Å². The molecule has 2 rings (SSSR count). The first kappa shape index (κ1) is 8.95. The minimum atomic E-state index is 0.370. The molecule has 0 aliphatic heterocycles. The molecular weight excluding hydrogens is 180 g/mol. The zero-order valence-electron chi connectivity index (χ0n) is 7.88. The van der Waals surface area contributed by atoms with Gasteiger partial charge in [-0.05, 0) is 42.2 Å². The fraction of sp³-hybridized carbons (Fsp3) is 0.545. The number of ketones is 1. The predicted molar refractivity (Wildman–Crippen MR) is 55.4 cm³/mol. The second-order valence-electron chi connectivity index (χ2n) is 3.70. The van der Waals surface area contributed by atoms with E-state index in [9.17, 15) is 4.79 Å². The highest BCUT2D eigenvalue weighted by Gasteiger charge is 2.26. The van der Waals surface area contributed by atoms with Crippen LogP contribution in [0.3, 0.4) is 0 Å². The van der Waals surface area contributed by atoms with Gasteiger partial charge in [-0.1, -0.05) is 6.92 Å². The van der Waals surface area contributed by atoms with E-state index in [-0.39, 0.29) is 0 Å². The van der Waals surface area contributed by atoms with Crippen molar-refractivity contribution in [2.75, 3.05) is 0 Å². The molecule has 1 aromatic heterocycles. The summed E-state index contributed by atoms with van der Waals surface area (Å²) < 4.78 is 0. The highest BCUT2D eigenvalue weighted by atomic mass is 32.1. The Morgan fingerprint density at radius 2 is 2.38 bits per heavy atom. The van der Waals surface area contributed by atoms with Gasteiger partial charge in [0.15, 0.2) is 5.78 Å². The van der Waals surface area contributed by atoms with E-state index in [0.29, 0.717) is 11.7 Å². The van der Waals surface area contributed by atoms with Crippen LogP contribution in [0.15, 0.2) is 11.4 Å². The van der Waals surface area contributed by atoms with E-state index < -0.39 is 0 Å². The van der Waals surface area contributed by atoms with Crippen molar-refractivity contribution in [2.45, 2.75) is 32.6 Å². The van der Waals surface area contributed by atoms with Crippen LogP contribution in [-0.2, 0) is 6.42 Å². The molecule has 1 heterocycles. The largest absolute Gasteiger partial charge is 0.293 e. The summed E-state index contributed by atoms with van der Waals surface area (Å²) in [5.41, 5.74) is 1.23. The molecule has 1 saturated carbocycles. The average molecular weight is 194 g/mol. The average Bonchev–Trinajstić information content (AvgIpc) is 2.82. The summed E-state index contributed by atoms with van der Waals surface area (Å²) in [6.07, 6.45) is 4.29. The first-order chi connectivity index (χ1) is 6.31. The lowest BCUT2D eigenvalue weighted by molar-refractivity contribution is 0.0979. The SMILES string of the molecule is CCc1ccsc1C(=O)CC1CC1. The van der Waals surface area contributed by atoms with E-state index in [0.717, 1.165) is 17.7 Å². The molecule has 1 aromatic rings. The predicted octanol–water partition coefficient (Wildman–Crippen LogP) is 3.29. The summed E-state index contributed by atoms with van der Waals surface area (Å²) in [6, 6.07) is 2.07. The second-order valence-corrected chi connectivity index (χ2v) is 4.62. The molecular formula is C11H14OS. The lowest BCUT2D eigenvalue weighted by atomic mass is 10.1. The third kappa shape index (κ3) is 1.99. The van der Waals surface area contributed by atoms with Gasteiger partial charge in [0.1, 0.15) is 0 Å². The molecule has 70 valence electrons. The maximum atomic E-state index is 11.7. The van der Waals surface area contributed by atoms with Gasteiger partial charge >= 0.3 is 0 Å². The van der Waals surface area contributed by atoms with Gasteiger partial charge in [-0.2, -0.15) is 0 Å². The van der Waals surface area contributed by atoms with Crippen molar-refractivity contribution in [3.63, 3.8) is 0 Å². The molecule has 0 saturated heterocycles. The fourth-order valence-corrected chi connectivity index (χ4v) is 2.48. The molecule has 2 heteroatoms. The van der Waals surface area contributed by atoms with Crippen molar-refractivity contribution in [1.82, 2.24) is 0 Å². The van der Waals surface area contributed by atoms with Crippen molar-refractivity contribution in [3.05, 3.63) is 21.9 Å². The number of aryl methyl sites for hydroxylation is 1. The monoisotopic (exact) mass is 194 g/mol. The standard InChI is InChI=1S/C11H14OS/c1-2-9-5-6-13-11(9)10(12)7-8-3-4-8/h5-6,8H,2-4,7H2,1H3. The van der Waals surface area contributed by atoms with Gasteiger partial charge in [0.25, 0.3) is 0 Å². The number of Topliss-reactive ketones (excluding diaryl/α,β-unsaturated/α-hetero) is 1. The summed E-state index contributed by atoms with van der Waals surface area (Å²) in [6.45, 7) is 2.11. The first-order valence-electron chi connectivity index (χ1n) is 4.90. The third-order valence-corrected chi connectivity index (χ3v) is 3.55. The van der Waals surface area contributed by atoms with Crippen LogP contribution in [0.25, 0.3) is 0 Å². The first-order valence-corrected chi connectivity index (χ1v) is 5.78. The molecule has 13 heavy (non-hydrogen) atoms. The number of thiophene rings is 1. The van der Waals surface area contributed by atoms with Crippen molar-refractivity contribution in [3.8, 4) is 0 Å². The minimum absolute atomic E-state index is 0.370. The molecule has 1 fully saturated rings. The number of rotatable bonds is 4. The number of carbonyl (C=O) groups is 1. The Hall–Kier alpha value is -0.630. The normalized spacial score (nSPS) is 16.1. The Labute approximate surface area is 82.8 Å². The Morgan fingerprint density at radius 1 is 1.62 bits per heavy atom. The van der Waals surface area contributed by atoms with Crippen LogP contribution in [0, 0.1) is 5.92 Å². The molecule has 1 aliphatic rings. The van der Waals surface area contributed by atoms with Crippen LogP contribution in [0.5, 0.6) is 0 Å². The molecule has 0 atom stereocenters. The van der Waals surface area contributed by atoms with Gasteiger partial charge in [-0.15, -0.1) is 11.3 Å². The van der Waals surface area contributed by atoms with Gasteiger partial charge in [-0.3, -0.25) is 4.79 Å². The Kier molecular flexibility index (Phi) is 2.49. The fourth-order valence-electron chi connectivity index (χ4n) is 1.54. The van der Waals surface area contributed by atoms with E-state index in [2.05, 4.69) is 13.0 Å². The van der Waals surface area contributed by atoms with E-state index in [1.165, 1.54) is 18.4 Å². The van der Waals surface area contributed by atoms with Crippen LogP contribution in [0.4, 0.5) is 0 Å². The van der Waals surface area contributed by atoms with Crippen molar-refractivity contribution < 1.29 is 4.79 Å². The van der Waals surface area contributed by atoms with Crippen LogP contribution >= 0.6 is 11.3 Å². The Balaban J connectivity index is 2.08. The molecule has 0 aromatic carbocycles. The molecule has 0 N–H and O–H groups in total. The minimum Gasteiger partial charge on any atom is -0.293 e. The van der Waals surface area contributed by atoms with E-state index in [4.69, 9.17) is 0 Å². The maximum Gasteiger partial charge on any atom is 0.173 e. The summed E-state index contributed by atoms with van der Waals surface area (Å²) in [7, 11) is 0.